The second-order valence-corrected chi connectivity index (χ2v) is 10.4. The molecule has 1 aliphatic heterocycles. The van der Waals surface area contributed by atoms with Gasteiger partial charge in [0.25, 0.3) is 5.89 Å². The predicted octanol–water partition coefficient (Wildman–Crippen LogP) is 2.63. The van der Waals surface area contributed by atoms with Crippen molar-refractivity contribution >= 4 is 32.7 Å². The molecule has 178 valence electrons. The zero-order valence-corrected chi connectivity index (χ0v) is 20.0. The van der Waals surface area contributed by atoms with Crippen LogP contribution in [0.1, 0.15) is 37.3 Å². The van der Waals surface area contributed by atoms with Crippen LogP contribution in [0.15, 0.2) is 46.9 Å². The number of amides is 1. The molecule has 0 spiro atoms. The normalized spacial score (nSPS) is 16.4. The molecule has 1 aliphatic rings. The lowest BCUT2D eigenvalue weighted by Gasteiger charge is -2.39. The zero-order chi connectivity index (χ0) is 24.3. The van der Waals surface area contributed by atoms with Gasteiger partial charge in [0.2, 0.25) is 15.9 Å². The number of benzene rings is 2. The first-order valence-corrected chi connectivity index (χ1v) is 12.9. The Morgan fingerprint density at radius 1 is 1.24 bits per heavy atom. The van der Waals surface area contributed by atoms with Crippen LogP contribution in [0.5, 0.6) is 0 Å². The number of sulfonamides is 1. The lowest BCUT2D eigenvalue weighted by molar-refractivity contribution is -0.117. The van der Waals surface area contributed by atoms with Crippen molar-refractivity contribution in [1.29, 1.82) is 0 Å². The van der Waals surface area contributed by atoms with Crippen molar-refractivity contribution < 1.29 is 17.6 Å². The van der Waals surface area contributed by atoms with Crippen LogP contribution in [0, 0.1) is 12.3 Å². The van der Waals surface area contributed by atoms with Crippen molar-refractivity contribution in [3.05, 3.63) is 53.9 Å². The first-order chi connectivity index (χ1) is 16.3. The van der Waals surface area contributed by atoms with Gasteiger partial charge < -0.3 is 4.42 Å². The number of likely N-dealkylation sites (tertiary alicyclic amines) is 1. The van der Waals surface area contributed by atoms with Crippen LogP contribution in [0.25, 0.3) is 10.8 Å². The summed E-state index contributed by atoms with van der Waals surface area (Å²) in [6, 6.07) is 14.4. The summed E-state index contributed by atoms with van der Waals surface area (Å²) in [4.78, 5) is 14.8. The number of fused-ring (bicyclic) bond motifs is 1. The summed E-state index contributed by atoms with van der Waals surface area (Å²) in [5.74, 6) is 1.54. The first kappa shape index (κ1) is 23.9. The largest absolute Gasteiger partial charge is 0.396 e. The second kappa shape index (κ2) is 9.93. The molecule has 1 saturated heterocycles. The van der Waals surface area contributed by atoms with Gasteiger partial charge in [-0.25, -0.2) is 8.42 Å². The Balaban J connectivity index is 1.42. The highest BCUT2D eigenvalue weighted by Crippen LogP contribution is 2.31. The van der Waals surface area contributed by atoms with Gasteiger partial charge in [-0.15, -0.1) is 6.42 Å². The Labute approximate surface area is 199 Å². The van der Waals surface area contributed by atoms with Gasteiger partial charge in [-0.05, 0) is 42.0 Å². The highest BCUT2D eigenvalue weighted by atomic mass is 32.2. The smallest absolute Gasteiger partial charge is 0.323 e. The van der Waals surface area contributed by atoms with Crippen molar-refractivity contribution in [2.75, 3.05) is 31.2 Å². The standard InChI is InChI=1S/C24H27N5O4S/c1-4-23-26-27-24(33-23)25-22(30)16-29(34(3,31)32)19-12-14-28(15-13-19)17(2)20-11-7-9-18-8-5-6-10-21(18)20/h1,5-11,17,19H,12-16H2,2-3H3,(H,25,27,30). The molecule has 1 N–H and O–H groups in total. The summed E-state index contributed by atoms with van der Waals surface area (Å²) < 4.78 is 31.3. The number of aromatic nitrogens is 2. The van der Waals surface area contributed by atoms with Crippen LogP contribution in [-0.2, 0) is 14.8 Å². The molecule has 1 atom stereocenters. The fourth-order valence-corrected chi connectivity index (χ4v) is 5.63. The van der Waals surface area contributed by atoms with Crippen molar-refractivity contribution in [2.24, 2.45) is 0 Å². The van der Waals surface area contributed by atoms with Crippen molar-refractivity contribution in [3.63, 3.8) is 0 Å². The lowest BCUT2D eigenvalue weighted by atomic mass is 9.96. The average molecular weight is 482 g/mol. The number of nitrogens with zero attached hydrogens (tertiary/aromatic N) is 4. The molecule has 1 fully saturated rings. The third-order valence-corrected chi connectivity index (χ3v) is 7.53. The van der Waals surface area contributed by atoms with E-state index in [4.69, 9.17) is 10.8 Å². The van der Waals surface area contributed by atoms with Gasteiger partial charge in [-0.1, -0.05) is 52.7 Å². The van der Waals surface area contributed by atoms with Gasteiger partial charge in [-0.3, -0.25) is 15.0 Å². The Hall–Kier alpha value is -3.26. The van der Waals surface area contributed by atoms with E-state index in [1.807, 2.05) is 12.1 Å². The molecule has 4 rings (SSSR count). The third kappa shape index (κ3) is 5.28. The number of rotatable bonds is 7. The Kier molecular flexibility index (Phi) is 6.97. The summed E-state index contributed by atoms with van der Waals surface area (Å²) in [6.45, 7) is 3.28. The molecule has 1 amide bonds. The molecular weight excluding hydrogens is 454 g/mol. The molecule has 2 heterocycles. The van der Waals surface area contributed by atoms with Crippen LogP contribution in [0.2, 0.25) is 0 Å². The average Bonchev–Trinajstić information content (AvgIpc) is 3.28. The van der Waals surface area contributed by atoms with Crippen LogP contribution < -0.4 is 5.32 Å². The molecule has 0 bridgehead atoms. The van der Waals surface area contributed by atoms with E-state index in [-0.39, 0.29) is 30.5 Å². The maximum Gasteiger partial charge on any atom is 0.323 e. The van der Waals surface area contributed by atoms with Crippen LogP contribution in [0.3, 0.4) is 0 Å². The number of hydrogen-bond acceptors (Lipinski definition) is 7. The minimum atomic E-state index is -3.62. The van der Waals surface area contributed by atoms with Crippen molar-refractivity contribution in [3.8, 4) is 12.3 Å². The fourth-order valence-electron chi connectivity index (χ4n) is 4.52. The van der Waals surface area contributed by atoms with Crippen LogP contribution in [-0.4, -0.2) is 65.7 Å². The van der Waals surface area contributed by atoms with Crippen LogP contribution >= 0.6 is 0 Å². The number of terminal acetylenes is 1. The van der Waals surface area contributed by atoms with E-state index in [1.54, 1.807) is 0 Å². The number of anilines is 1. The molecule has 1 unspecified atom stereocenters. The number of nitrogens with one attached hydrogen (secondary N) is 1. The molecule has 0 radical (unpaired) electrons. The SMILES string of the molecule is C#Cc1nnc(NC(=O)CN(C2CCN(C(C)c3cccc4ccccc34)CC2)S(C)(=O)=O)o1. The molecule has 3 aromatic rings. The highest BCUT2D eigenvalue weighted by molar-refractivity contribution is 7.88. The first-order valence-electron chi connectivity index (χ1n) is 11.0. The Morgan fingerprint density at radius 3 is 2.62 bits per heavy atom. The number of carbonyl (C=O) groups excluding carboxylic acids is 1. The van der Waals surface area contributed by atoms with Crippen LogP contribution in [0.4, 0.5) is 6.01 Å². The molecule has 1 aromatic heterocycles. The van der Waals surface area contributed by atoms with E-state index in [2.05, 4.69) is 63.6 Å². The second-order valence-electron chi connectivity index (χ2n) is 8.42. The van der Waals surface area contributed by atoms with E-state index in [9.17, 15) is 13.2 Å². The summed E-state index contributed by atoms with van der Waals surface area (Å²) in [5.41, 5.74) is 1.25. The van der Waals surface area contributed by atoms with E-state index in [0.717, 1.165) is 19.3 Å². The minimum Gasteiger partial charge on any atom is -0.396 e. The predicted molar refractivity (Wildman–Crippen MR) is 129 cm³/mol. The molecule has 2 aromatic carbocycles. The van der Waals surface area contributed by atoms with Gasteiger partial charge >= 0.3 is 6.01 Å². The highest BCUT2D eigenvalue weighted by Gasteiger charge is 2.33. The molecule has 9 nitrogen and oxygen atoms in total. The minimum absolute atomic E-state index is 0.0667. The summed E-state index contributed by atoms with van der Waals surface area (Å²) in [7, 11) is -3.62. The number of carbonyl (C=O) groups is 1. The summed E-state index contributed by atoms with van der Waals surface area (Å²) in [6.07, 6.45) is 7.54. The van der Waals surface area contributed by atoms with Gasteiger partial charge in [0.05, 0.1) is 12.8 Å². The van der Waals surface area contributed by atoms with Gasteiger partial charge in [0.15, 0.2) is 0 Å². The van der Waals surface area contributed by atoms with Crippen molar-refractivity contribution in [2.45, 2.75) is 31.8 Å². The Bertz CT molecular complexity index is 1320. The topological polar surface area (TPSA) is 109 Å². The zero-order valence-electron chi connectivity index (χ0n) is 19.1. The maximum atomic E-state index is 12.5. The quantitative estimate of drug-likeness (QED) is 0.517. The monoisotopic (exact) mass is 481 g/mol. The van der Waals surface area contributed by atoms with E-state index < -0.39 is 15.9 Å². The third-order valence-electron chi connectivity index (χ3n) is 6.25. The molecule has 10 heteroatoms. The summed E-state index contributed by atoms with van der Waals surface area (Å²) >= 11 is 0. The molecule has 34 heavy (non-hydrogen) atoms. The summed E-state index contributed by atoms with van der Waals surface area (Å²) in [5, 5.41) is 12.0. The number of hydrogen-bond donors (Lipinski definition) is 1. The van der Waals surface area contributed by atoms with E-state index in [0.29, 0.717) is 12.8 Å². The number of piperidine rings is 1. The van der Waals surface area contributed by atoms with E-state index in [1.165, 1.54) is 20.6 Å². The van der Waals surface area contributed by atoms with Crippen molar-refractivity contribution in [1.82, 2.24) is 19.4 Å². The molecule has 0 saturated carbocycles. The maximum absolute atomic E-state index is 12.5. The van der Waals surface area contributed by atoms with Gasteiger partial charge in [0, 0.05) is 25.2 Å². The van der Waals surface area contributed by atoms with E-state index >= 15 is 0 Å². The molecule has 0 aliphatic carbocycles. The van der Waals surface area contributed by atoms with Gasteiger partial charge in [0.1, 0.15) is 0 Å². The lowest BCUT2D eigenvalue weighted by Crippen LogP contribution is -2.49. The van der Waals surface area contributed by atoms with Gasteiger partial charge in [-0.2, -0.15) is 4.31 Å². The molecular formula is C24H27N5O4S. The fraction of sp³-hybridized carbons (Fsp3) is 0.375. The Morgan fingerprint density at radius 2 is 1.94 bits per heavy atom.